The molecule has 0 spiro atoms. The molecule has 0 aliphatic carbocycles. The number of carbonyl (C=O) groups is 2. The molecule has 0 unspecified atom stereocenters. The van der Waals surface area contributed by atoms with Crippen LogP contribution in [0, 0.1) is 5.82 Å². The molecule has 8 heteroatoms. The van der Waals surface area contributed by atoms with Crippen LogP contribution in [0.3, 0.4) is 0 Å². The molecule has 0 aliphatic rings. The first-order chi connectivity index (χ1) is 12.0. The average Bonchev–Trinajstić information content (AvgIpc) is 2.91. The lowest BCUT2D eigenvalue weighted by Gasteiger charge is -2.03. The number of nitrogens with zero attached hydrogens (tertiary/aromatic N) is 2. The summed E-state index contributed by atoms with van der Waals surface area (Å²) in [6.45, 7) is -0.135. The van der Waals surface area contributed by atoms with Gasteiger partial charge in [0.1, 0.15) is 12.4 Å². The number of hydrogen-bond acceptors (Lipinski definition) is 4. The fourth-order valence-electron chi connectivity index (χ4n) is 2.25. The smallest absolute Gasteiger partial charge is 0.325 e. The van der Waals surface area contributed by atoms with Crippen molar-refractivity contribution in [2.24, 2.45) is 4.99 Å². The maximum Gasteiger partial charge on any atom is 0.325 e. The number of halogens is 2. The van der Waals surface area contributed by atoms with Crippen molar-refractivity contribution in [3.63, 3.8) is 0 Å². The minimum absolute atomic E-state index is 0.135. The van der Waals surface area contributed by atoms with Crippen molar-refractivity contribution in [1.82, 2.24) is 4.57 Å². The highest BCUT2D eigenvalue weighted by atomic mass is 35.5. The van der Waals surface area contributed by atoms with Crippen LogP contribution >= 0.6 is 22.9 Å². The predicted octanol–water partition coefficient (Wildman–Crippen LogP) is 3.41. The Balaban J connectivity index is 2.15. The molecule has 1 heterocycles. The Morgan fingerprint density at radius 2 is 2.08 bits per heavy atom. The van der Waals surface area contributed by atoms with Crippen molar-refractivity contribution in [3.05, 3.63) is 63.7 Å². The van der Waals surface area contributed by atoms with Gasteiger partial charge in [-0.05, 0) is 36.4 Å². The fourth-order valence-corrected chi connectivity index (χ4v) is 3.49. The highest BCUT2D eigenvalue weighted by molar-refractivity contribution is 7.16. The molecule has 3 aromatic rings. The number of aromatic nitrogens is 1. The molecule has 0 radical (unpaired) electrons. The molecule has 1 amide bonds. The first-order valence-corrected chi connectivity index (χ1v) is 8.37. The Bertz CT molecular complexity index is 1040. The highest BCUT2D eigenvalue weighted by Crippen LogP contribution is 2.19. The summed E-state index contributed by atoms with van der Waals surface area (Å²) in [7, 11) is 1.27. The van der Waals surface area contributed by atoms with Crippen LogP contribution < -0.4 is 4.80 Å². The number of thiazole rings is 1. The zero-order chi connectivity index (χ0) is 18.0. The molecule has 25 heavy (non-hydrogen) atoms. The van der Waals surface area contributed by atoms with E-state index in [2.05, 4.69) is 9.73 Å². The summed E-state index contributed by atoms with van der Waals surface area (Å²) in [6.07, 6.45) is 0. The monoisotopic (exact) mass is 378 g/mol. The van der Waals surface area contributed by atoms with E-state index >= 15 is 0 Å². The lowest BCUT2D eigenvalue weighted by Crippen LogP contribution is -2.22. The molecule has 0 fully saturated rings. The maximum absolute atomic E-state index is 13.5. The van der Waals surface area contributed by atoms with Gasteiger partial charge in [-0.25, -0.2) is 4.39 Å². The van der Waals surface area contributed by atoms with Gasteiger partial charge in [-0.1, -0.05) is 29.0 Å². The van der Waals surface area contributed by atoms with Crippen molar-refractivity contribution in [3.8, 4) is 0 Å². The molecule has 0 saturated carbocycles. The molecule has 0 aliphatic heterocycles. The SMILES string of the molecule is COC(=O)Cn1c(=NC(=O)c2cccc(Cl)c2)sc2cc(F)ccc21. The summed E-state index contributed by atoms with van der Waals surface area (Å²) >= 11 is 7.01. The van der Waals surface area contributed by atoms with Gasteiger partial charge in [-0.15, -0.1) is 0 Å². The van der Waals surface area contributed by atoms with Crippen molar-refractivity contribution < 1.29 is 18.7 Å². The van der Waals surface area contributed by atoms with Gasteiger partial charge in [0, 0.05) is 10.6 Å². The van der Waals surface area contributed by atoms with Crippen LogP contribution in [-0.2, 0) is 16.1 Å². The fraction of sp³-hybridized carbons (Fsp3) is 0.118. The first-order valence-electron chi connectivity index (χ1n) is 7.18. The molecule has 2 aromatic carbocycles. The van der Waals surface area contributed by atoms with Gasteiger partial charge < -0.3 is 9.30 Å². The molecule has 0 N–H and O–H groups in total. The largest absolute Gasteiger partial charge is 0.468 e. The van der Waals surface area contributed by atoms with Crippen LogP contribution in [0.5, 0.6) is 0 Å². The van der Waals surface area contributed by atoms with Gasteiger partial charge in [0.15, 0.2) is 4.80 Å². The van der Waals surface area contributed by atoms with E-state index in [1.54, 1.807) is 18.2 Å². The third-order valence-corrected chi connectivity index (χ3v) is 4.70. The predicted molar refractivity (Wildman–Crippen MR) is 93.1 cm³/mol. The van der Waals surface area contributed by atoms with E-state index < -0.39 is 17.7 Å². The van der Waals surface area contributed by atoms with Gasteiger partial charge in [-0.2, -0.15) is 4.99 Å². The van der Waals surface area contributed by atoms with Gasteiger partial charge in [-0.3, -0.25) is 9.59 Å². The van der Waals surface area contributed by atoms with E-state index in [0.717, 1.165) is 11.3 Å². The number of benzene rings is 2. The van der Waals surface area contributed by atoms with Crippen LogP contribution in [0.25, 0.3) is 10.2 Å². The van der Waals surface area contributed by atoms with E-state index in [0.29, 0.717) is 20.8 Å². The zero-order valence-corrected chi connectivity index (χ0v) is 14.6. The summed E-state index contributed by atoms with van der Waals surface area (Å²) < 4.78 is 20.2. The molecular weight excluding hydrogens is 367 g/mol. The maximum atomic E-state index is 13.5. The molecule has 0 atom stereocenters. The minimum atomic E-state index is -0.506. The van der Waals surface area contributed by atoms with Gasteiger partial charge >= 0.3 is 5.97 Å². The number of ether oxygens (including phenoxy) is 1. The van der Waals surface area contributed by atoms with Gasteiger partial charge in [0.25, 0.3) is 5.91 Å². The lowest BCUT2D eigenvalue weighted by molar-refractivity contribution is -0.141. The summed E-state index contributed by atoms with van der Waals surface area (Å²) in [5.41, 5.74) is 0.912. The Morgan fingerprint density at radius 1 is 1.28 bits per heavy atom. The molecule has 128 valence electrons. The second-order valence-corrected chi connectivity index (χ2v) is 6.53. The lowest BCUT2D eigenvalue weighted by atomic mass is 10.2. The van der Waals surface area contributed by atoms with E-state index in [9.17, 15) is 14.0 Å². The van der Waals surface area contributed by atoms with E-state index in [1.807, 2.05) is 0 Å². The summed E-state index contributed by atoms with van der Waals surface area (Å²) in [4.78, 5) is 28.4. The summed E-state index contributed by atoms with van der Waals surface area (Å²) in [5.74, 6) is -1.42. The summed E-state index contributed by atoms with van der Waals surface area (Å²) in [5, 5.41) is 0.418. The third-order valence-electron chi connectivity index (χ3n) is 3.43. The quantitative estimate of drug-likeness (QED) is 0.656. The van der Waals surface area contributed by atoms with Crippen LogP contribution in [0.1, 0.15) is 10.4 Å². The molecular formula is C17H12ClFN2O3S. The second kappa shape index (κ2) is 7.16. The number of hydrogen-bond donors (Lipinski definition) is 0. The van der Waals surface area contributed by atoms with Crippen LogP contribution in [0.15, 0.2) is 47.5 Å². The first kappa shape index (κ1) is 17.3. The van der Waals surface area contributed by atoms with Crippen molar-refractivity contribution >= 4 is 45.0 Å². The van der Waals surface area contributed by atoms with E-state index in [4.69, 9.17) is 11.6 Å². The summed E-state index contributed by atoms with van der Waals surface area (Å²) in [6, 6.07) is 10.5. The number of esters is 1. The van der Waals surface area contributed by atoms with E-state index in [1.165, 1.54) is 35.9 Å². The third kappa shape index (κ3) is 3.78. The highest BCUT2D eigenvalue weighted by Gasteiger charge is 2.13. The number of fused-ring (bicyclic) bond motifs is 1. The van der Waals surface area contributed by atoms with Crippen LogP contribution in [0.4, 0.5) is 4.39 Å². The number of amides is 1. The number of carbonyl (C=O) groups excluding carboxylic acids is 2. The van der Waals surface area contributed by atoms with Gasteiger partial charge in [0.2, 0.25) is 0 Å². The molecule has 0 bridgehead atoms. The van der Waals surface area contributed by atoms with Crippen LogP contribution in [-0.4, -0.2) is 23.6 Å². The minimum Gasteiger partial charge on any atom is -0.468 e. The van der Waals surface area contributed by atoms with Crippen LogP contribution in [0.2, 0.25) is 5.02 Å². The molecule has 5 nitrogen and oxygen atoms in total. The van der Waals surface area contributed by atoms with E-state index in [-0.39, 0.29) is 11.3 Å². The standard InChI is InChI=1S/C17H12ClFN2O3S/c1-24-15(22)9-21-13-6-5-12(19)8-14(13)25-17(21)20-16(23)10-3-2-4-11(18)7-10/h2-8H,9H2,1H3. The number of rotatable bonds is 3. The van der Waals surface area contributed by atoms with Crippen molar-refractivity contribution in [2.75, 3.05) is 7.11 Å². The second-order valence-electron chi connectivity index (χ2n) is 5.09. The average molecular weight is 379 g/mol. The molecule has 3 rings (SSSR count). The van der Waals surface area contributed by atoms with Crippen molar-refractivity contribution in [2.45, 2.75) is 6.54 Å². The molecule has 1 aromatic heterocycles. The molecule has 0 saturated heterocycles. The number of methoxy groups -OCH3 is 1. The Kier molecular flexibility index (Phi) is 4.96. The Labute approximate surface area is 151 Å². The Hall–Kier alpha value is -2.51. The normalized spacial score (nSPS) is 11.7. The van der Waals surface area contributed by atoms with Crippen molar-refractivity contribution in [1.29, 1.82) is 0 Å². The zero-order valence-electron chi connectivity index (χ0n) is 13.0. The Morgan fingerprint density at radius 3 is 2.80 bits per heavy atom. The topological polar surface area (TPSA) is 60.7 Å². The van der Waals surface area contributed by atoms with Gasteiger partial charge in [0.05, 0.1) is 17.3 Å².